The van der Waals surface area contributed by atoms with E-state index in [2.05, 4.69) is 36.6 Å². The summed E-state index contributed by atoms with van der Waals surface area (Å²) in [6.45, 7) is 5.03. The van der Waals surface area contributed by atoms with E-state index >= 15 is 0 Å². The lowest BCUT2D eigenvalue weighted by atomic mass is 9.81. The van der Waals surface area contributed by atoms with Gasteiger partial charge >= 0.3 is 0 Å². The van der Waals surface area contributed by atoms with Crippen molar-refractivity contribution in [3.05, 3.63) is 65.7 Å². The van der Waals surface area contributed by atoms with Crippen LogP contribution in [0.15, 0.2) is 54.6 Å². The van der Waals surface area contributed by atoms with Gasteiger partial charge < -0.3 is 5.11 Å². The van der Waals surface area contributed by atoms with Crippen molar-refractivity contribution in [3.63, 3.8) is 0 Å². The number of para-hydroxylation sites is 1. The molecule has 2 aromatic rings. The third kappa shape index (κ3) is 4.51. The number of fused-ring (bicyclic) bond motifs is 1. The Hall–Kier alpha value is -2.44. The van der Waals surface area contributed by atoms with Crippen molar-refractivity contribution < 1.29 is 22.7 Å². The van der Waals surface area contributed by atoms with Gasteiger partial charge in [-0.15, -0.1) is 0 Å². The molecule has 0 fully saturated rings. The number of unbranched alkanes of at least 4 members (excludes halogenated alkanes) is 1. The average molecular weight is 401 g/mol. The van der Waals surface area contributed by atoms with Gasteiger partial charge in [0, 0.05) is 24.1 Å². The number of aromatic hydroxyl groups is 1. The zero-order valence-corrected chi connectivity index (χ0v) is 17.0. The number of hydrogen-bond acceptors (Lipinski definition) is 3. The van der Waals surface area contributed by atoms with Gasteiger partial charge in [-0.25, -0.2) is 0 Å². The van der Waals surface area contributed by atoms with E-state index in [1.165, 1.54) is 5.56 Å². The molecule has 2 aromatic carbocycles. The lowest BCUT2D eigenvalue weighted by molar-refractivity contribution is -0.438. The maximum absolute atomic E-state index is 11.0. The molecule has 0 radical (unpaired) electrons. The smallest absolute Gasteiger partial charge is 0.264 e. The fourth-order valence-electron chi connectivity index (χ4n) is 3.70. The van der Waals surface area contributed by atoms with Crippen molar-refractivity contribution in [3.8, 4) is 5.75 Å². The second-order valence-electron chi connectivity index (χ2n) is 7.60. The highest BCUT2D eigenvalue weighted by atomic mass is 32.2. The number of allylic oxidation sites excluding steroid dienone is 1. The van der Waals surface area contributed by atoms with E-state index in [4.69, 9.17) is 4.55 Å². The Morgan fingerprint density at radius 1 is 1.00 bits per heavy atom. The summed E-state index contributed by atoms with van der Waals surface area (Å²) in [7, 11) is -3.93. The topological polar surface area (TPSA) is 77.6 Å². The average Bonchev–Trinajstić information content (AvgIpc) is 2.85. The standard InChI is InChI=1S/C22H25NO4S/c1-22(2)19-7-3-4-8-20(19)23(15-5-6-16-28(25,26)27)21(22)14-11-17-9-12-18(24)13-10-17/h3-4,7-14H,5-6,15-16H2,1-2H3,(H,25,26,27)/p+1. The second kappa shape index (κ2) is 7.89. The molecule has 0 bridgehead atoms. The van der Waals surface area contributed by atoms with E-state index < -0.39 is 10.1 Å². The fraction of sp³-hybridized carbons (Fsp3) is 0.318. The molecule has 0 spiro atoms. The van der Waals surface area contributed by atoms with E-state index in [1.807, 2.05) is 30.3 Å². The van der Waals surface area contributed by atoms with Gasteiger partial charge in [0.2, 0.25) is 5.69 Å². The SMILES string of the molecule is CC1(C)C(/C=C/c2ccc(O)cc2)=[N+](CCCCS(=O)(=O)O)c2ccccc21. The third-order valence-electron chi connectivity index (χ3n) is 5.16. The molecule has 0 aromatic heterocycles. The second-order valence-corrected chi connectivity index (χ2v) is 9.17. The van der Waals surface area contributed by atoms with Crippen LogP contribution >= 0.6 is 0 Å². The summed E-state index contributed by atoms with van der Waals surface area (Å²) in [5, 5.41) is 9.46. The summed E-state index contributed by atoms with van der Waals surface area (Å²) in [5.74, 6) is 0.0174. The zero-order chi connectivity index (χ0) is 20.4. The van der Waals surface area contributed by atoms with Gasteiger partial charge in [0.05, 0.1) is 11.2 Å². The van der Waals surface area contributed by atoms with Crippen molar-refractivity contribution in [2.45, 2.75) is 32.1 Å². The van der Waals surface area contributed by atoms with Gasteiger partial charge in [0.15, 0.2) is 5.71 Å². The van der Waals surface area contributed by atoms with Gasteiger partial charge in [-0.05, 0) is 44.0 Å². The Labute approximate surface area is 166 Å². The van der Waals surface area contributed by atoms with Crippen molar-refractivity contribution in [2.24, 2.45) is 0 Å². The molecule has 1 aliphatic heterocycles. The van der Waals surface area contributed by atoms with Crippen molar-refractivity contribution >= 4 is 27.6 Å². The van der Waals surface area contributed by atoms with E-state index in [0.29, 0.717) is 19.4 Å². The van der Waals surface area contributed by atoms with Crippen molar-refractivity contribution in [2.75, 3.05) is 12.3 Å². The summed E-state index contributed by atoms with van der Waals surface area (Å²) in [6.07, 6.45) is 5.18. The van der Waals surface area contributed by atoms with Gasteiger partial charge in [0.25, 0.3) is 10.1 Å². The Balaban J connectivity index is 1.91. The van der Waals surface area contributed by atoms with Crippen LogP contribution in [0.4, 0.5) is 5.69 Å². The monoisotopic (exact) mass is 400 g/mol. The van der Waals surface area contributed by atoms with E-state index in [9.17, 15) is 13.5 Å². The highest BCUT2D eigenvalue weighted by Gasteiger charge is 2.43. The van der Waals surface area contributed by atoms with Crippen molar-refractivity contribution in [1.29, 1.82) is 0 Å². The van der Waals surface area contributed by atoms with E-state index in [0.717, 1.165) is 17.0 Å². The third-order valence-corrected chi connectivity index (χ3v) is 5.96. The molecule has 0 atom stereocenters. The molecule has 0 unspecified atom stereocenters. The molecule has 148 valence electrons. The normalized spacial score (nSPS) is 16.0. The van der Waals surface area contributed by atoms with Gasteiger partial charge in [-0.1, -0.05) is 30.3 Å². The van der Waals surface area contributed by atoms with Gasteiger partial charge in [0.1, 0.15) is 12.3 Å². The Bertz CT molecular complexity index is 1020. The number of phenols is 1. The van der Waals surface area contributed by atoms with Crippen molar-refractivity contribution in [1.82, 2.24) is 0 Å². The first kappa shape index (κ1) is 20.3. The summed E-state index contributed by atoms with van der Waals surface area (Å²) in [4.78, 5) is 0. The van der Waals surface area contributed by atoms with E-state index in [-0.39, 0.29) is 16.9 Å². The Morgan fingerprint density at radius 3 is 2.36 bits per heavy atom. The molecule has 1 aliphatic rings. The van der Waals surface area contributed by atoms with Crippen LogP contribution in [0.1, 0.15) is 37.8 Å². The van der Waals surface area contributed by atoms with Crippen LogP contribution in [0.3, 0.4) is 0 Å². The maximum Gasteiger partial charge on any atom is 0.264 e. The molecule has 3 rings (SSSR count). The number of nitrogens with zero attached hydrogens (tertiary/aromatic N) is 1. The Morgan fingerprint density at radius 2 is 1.68 bits per heavy atom. The minimum Gasteiger partial charge on any atom is -0.508 e. The van der Waals surface area contributed by atoms with Crippen LogP contribution in [-0.2, 0) is 15.5 Å². The summed E-state index contributed by atoms with van der Waals surface area (Å²) < 4.78 is 33.2. The number of rotatable bonds is 7. The zero-order valence-electron chi connectivity index (χ0n) is 16.2. The number of hydrogen-bond donors (Lipinski definition) is 2. The maximum atomic E-state index is 11.0. The largest absolute Gasteiger partial charge is 0.508 e. The van der Waals surface area contributed by atoms with Crippen LogP contribution < -0.4 is 0 Å². The molecule has 6 heteroatoms. The minimum atomic E-state index is -3.93. The molecule has 28 heavy (non-hydrogen) atoms. The molecular formula is C22H26NO4S+. The predicted octanol–water partition coefficient (Wildman–Crippen LogP) is 4.15. The molecule has 5 nitrogen and oxygen atoms in total. The molecular weight excluding hydrogens is 374 g/mol. The van der Waals surface area contributed by atoms with E-state index in [1.54, 1.807) is 12.1 Å². The highest BCUT2D eigenvalue weighted by Crippen LogP contribution is 2.40. The molecule has 0 amide bonds. The molecule has 1 heterocycles. The van der Waals surface area contributed by atoms with Crippen LogP contribution in [0.5, 0.6) is 5.75 Å². The first-order valence-electron chi connectivity index (χ1n) is 9.35. The quantitative estimate of drug-likeness (QED) is 0.416. The lowest BCUT2D eigenvalue weighted by Crippen LogP contribution is -2.28. The first-order chi connectivity index (χ1) is 13.2. The summed E-state index contributed by atoms with van der Waals surface area (Å²) in [6, 6.07) is 15.3. The van der Waals surface area contributed by atoms with Crippen LogP contribution in [0, 0.1) is 0 Å². The molecule has 0 saturated heterocycles. The molecule has 0 aliphatic carbocycles. The molecule has 2 N–H and O–H groups in total. The van der Waals surface area contributed by atoms with Crippen LogP contribution in [0.2, 0.25) is 0 Å². The Kier molecular flexibility index (Phi) is 5.72. The minimum absolute atomic E-state index is 0.187. The first-order valence-corrected chi connectivity index (χ1v) is 11.0. The van der Waals surface area contributed by atoms with Crippen LogP contribution in [0.25, 0.3) is 6.08 Å². The fourth-order valence-corrected chi connectivity index (χ4v) is 4.27. The highest BCUT2D eigenvalue weighted by molar-refractivity contribution is 7.85. The molecule has 0 saturated carbocycles. The summed E-state index contributed by atoms with van der Waals surface area (Å²) >= 11 is 0. The summed E-state index contributed by atoms with van der Waals surface area (Å²) in [5.41, 5.74) is 4.30. The lowest BCUT2D eigenvalue weighted by Gasteiger charge is -2.15. The van der Waals surface area contributed by atoms with Gasteiger partial charge in [-0.3, -0.25) is 4.55 Å². The number of phenolic OH excluding ortho intramolecular Hbond substituents is 1. The van der Waals surface area contributed by atoms with Crippen LogP contribution in [-0.4, -0.2) is 40.7 Å². The predicted molar refractivity (Wildman–Crippen MR) is 112 cm³/mol. The van der Waals surface area contributed by atoms with Gasteiger partial charge in [-0.2, -0.15) is 13.0 Å². The number of benzene rings is 2.